The normalized spacial score (nSPS) is 22.1. The molecule has 3 rings (SSSR count). The van der Waals surface area contributed by atoms with Crippen LogP contribution < -0.4 is 10.2 Å². The molecule has 130 valence electrons. The summed E-state index contributed by atoms with van der Waals surface area (Å²) in [5.41, 5.74) is 0.864. The van der Waals surface area contributed by atoms with Gasteiger partial charge in [0.2, 0.25) is 5.91 Å². The van der Waals surface area contributed by atoms with Gasteiger partial charge in [-0.15, -0.1) is 0 Å². The molecule has 24 heavy (non-hydrogen) atoms. The van der Waals surface area contributed by atoms with Crippen LogP contribution in [0.15, 0.2) is 24.3 Å². The number of nitrogens with one attached hydrogen (secondary N) is 1. The molecule has 0 aliphatic carbocycles. The van der Waals surface area contributed by atoms with Crippen LogP contribution in [0.5, 0.6) is 0 Å². The van der Waals surface area contributed by atoms with Crippen molar-refractivity contribution in [3.05, 3.63) is 29.3 Å². The highest BCUT2D eigenvalue weighted by atomic mass is 35.5. The maximum atomic E-state index is 12.6. The molecule has 0 aromatic heterocycles. The number of amides is 3. The van der Waals surface area contributed by atoms with E-state index in [0.29, 0.717) is 24.0 Å². The third-order valence-electron chi connectivity index (χ3n) is 5.03. The van der Waals surface area contributed by atoms with Gasteiger partial charge < -0.3 is 15.1 Å². The topological polar surface area (TPSA) is 52.7 Å². The van der Waals surface area contributed by atoms with Gasteiger partial charge in [0, 0.05) is 36.9 Å². The van der Waals surface area contributed by atoms with Crippen LogP contribution in [0, 0.1) is 11.8 Å². The fraction of sp³-hybridized carbons (Fsp3) is 0.556. The van der Waals surface area contributed by atoms with Crippen LogP contribution in [-0.2, 0) is 4.79 Å². The molecular formula is C18H24ClN3O2. The summed E-state index contributed by atoms with van der Waals surface area (Å²) < 4.78 is 0. The van der Waals surface area contributed by atoms with Gasteiger partial charge in [0.05, 0.1) is 5.92 Å². The van der Waals surface area contributed by atoms with Crippen molar-refractivity contribution >= 4 is 29.2 Å². The van der Waals surface area contributed by atoms with Gasteiger partial charge in [-0.25, -0.2) is 4.79 Å². The minimum atomic E-state index is -0.145. The van der Waals surface area contributed by atoms with Crippen LogP contribution in [0.1, 0.15) is 26.2 Å². The number of hydrogen-bond acceptors (Lipinski definition) is 2. The van der Waals surface area contributed by atoms with Gasteiger partial charge in [0.15, 0.2) is 0 Å². The number of piperidine rings is 1. The Morgan fingerprint density at radius 1 is 1.17 bits per heavy atom. The Balaban J connectivity index is 1.50. The number of anilines is 1. The fourth-order valence-corrected chi connectivity index (χ4v) is 3.47. The Morgan fingerprint density at radius 2 is 1.83 bits per heavy atom. The van der Waals surface area contributed by atoms with E-state index in [4.69, 9.17) is 11.6 Å². The monoisotopic (exact) mass is 349 g/mol. The zero-order valence-electron chi connectivity index (χ0n) is 14.0. The van der Waals surface area contributed by atoms with E-state index in [-0.39, 0.29) is 17.9 Å². The number of rotatable bonds is 3. The Bertz CT molecular complexity index is 597. The predicted molar refractivity (Wildman–Crippen MR) is 95.3 cm³/mol. The summed E-state index contributed by atoms with van der Waals surface area (Å²) in [6, 6.07) is 7.25. The van der Waals surface area contributed by atoms with Gasteiger partial charge in [0.25, 0.3) is 0 Å². The maximum absolute atomic E-state index is 12.6. The summed E-state index contributed by atoms with van der Waals surface area (Å²) in [5, 5.41) is 3.60. The maximum Gasteiger partial charge on any atom is 0.317 e. The van der Waals surface area contributed by atoms with Crippen LogP contribution in [-0.4, -0.2) is 43.0 Å². The van der Waals surface area contributed by atoms with Crippen LogP contribution in [0.3, 0.4) is 0 Å². The molecule has 1 aromatic carbocycles. The molecule has 3 amide bonds. The van der Waals surface area contributed by atoms with Gasteiger partial charge in [-0.05, 0) is 49.4 Å². The Labute approximate surface area is 147 Å². The molecule has 2 aliphatic heterocycles. The average molecular weight is 350 g/mol. The number of hydrogen-bond donors (Lipinski definition) is 1. The van der Waals surface area contributed by atoms with Crippen molar-refractivity contribution in [1.29, 1.82) is 0 Å². The second-order valence-corrected chi connectivity index (χ2v) is 7.24. The third kappa shape index (κ3) is 3.83. The lowest BCUT2D eigenvalue weighted by atomic mass is 10.00. The zero-order chi connectivity index (χ0) is 17.1. The van der Waals surface area contributed by atoms with E-state index >= 15 is 0 Å². The highest BCUT2D eigenvalue weighted by Gasteiger charge is 2.33. The second-order valence-electron chi connectivity index (χ2n) is 6.81. The standard InChI is InChI=1S/C18H24ClN3O2/c1-13-6-9-21(10-7-13)18(24)20-12-14-8-11-22(17(14)23)16-4-2-15(19)3-5-16/h2-5,13-14H,6-12H2,1H3,(H,20,24). The lowest BCUT2D eigenvalue weighted by molar-refractivity contribution is -0.120. The van der Waals surface area contributed by atoms with Crippen molar-refractivity contribution in [3.63, 3.8) is 0 Å². The van der Waals surface area contributed by atoms with Gasteiger partial charge in [-0.2, -0.15) is 0 Å². The van der Waals surface area contributed by atoms with Gasteiger partial charge in [0.1, 0.15) is 0 Å². The number of likely N-dealkylation sites (tertiary alicyclic amines) is 1. The summed E-state index contributed by atoms with van der Waals surface area (Å²) in [4.78, 5) is 28.4. The molecule has 1 atom stereocenters. The molecule has 0 bridgehead atoms. The molecule has 0 radical (unpaired) electrons. The molecular weight excluding hydrogens is 326 g/mol. The number of nitrogens with zero attached hydrogens (tertiary/aromatic N) is 2. The van der Waals surface area contributed by atoms with Crippen molar-refractivity contribution in [3.8, 4) is 0 Å². The molecule has 1 aromatic rings. The molecule has 2 heterocycles. The molecule has 0 saturated carbocycles. The molecule has 2 saturated heterocycles. The number of carbonyl (C=O) groups is 2. The van der Waals surface area contributed by atoms with Gasteiger partial charge >= 0.3 is 6.03 Å². The number of benzene rings is 1. The molecule has 0 spiro atoms. The minimum Gasteiger partial charge on any atom is -0.337 e. The van der Waals surface area contributed by atoms with E-state index in [2.05, 4.69) is 12.2 Å². The molecule has 2 aliphatic rings. The van der Waals surface area contributed by atoms with Crippen molar-refractivity contribution in [1.82, 2.24) is 10.2 Å². The molecule has 5 nitrogen and oxygen atoms in total. The first kappa shape index (κ1) is 17.1. The first-order valence-electron chi connectivity index (χ1n) is 8.64. The molecule has 1 N–H and O–H groups in total. The lowest BCUT2D eigenvalue weighted by Gasteiger charge is -2.30. The number of carbonyl (C=O) groups excluding carboxylic acids is 2. The van der Waals surface area contributed by atoms with E-state index in [1.807, 2.05) is 17.0 Å². The van der Waals surface area contributed by atoms with Gasteiger partial charge in [-0.3, -0.25) is 4.79 Å². The summed E-state index contributed by atoms with van der Waals surface area (Å²) in [5.74, 6) is 0.622. The quantitative estimate of drug-likeness (QED) is 0.911. The Hall–Kier alpha value is -1.75. The number of urea groups is 1. The summed E-state index contributed by atoms with van der Waals surface area (Å²) >= 11 is 5.90. The van der Waals surface area contributed by atoms with Crippen molar-refractivity contribution in [2.75, 3.05) is 31.1 Å². The summed E-state index contributed by atoms with van der Waals surface area (Å²) in [6.07, 6.45) is 2.87. The molecule has 2 fully saturated rings. The smallest absolute Gasteiger partial charge is 0.317 e. The van der Waals surface area contributed by atoms with E-state index in [9.17, 15) is 9.59 Å². The number of halogens is 1. The minimum absolute atomic E-state index is 0.0420. The first-order valence-corrected chi connectivity index (χ1v) is 9.02. The zero-order valence-corrected chi connectivity index (χ0v) is 14.8. The molecule has 6 heteroatoms. The highest BCUT2D eigenvalue weighted by molar-refractivity contribution is 6.30. The van der Waals surface area contributed by atoms with Crippen LogP contribution in [0.25, 0.3) is 0 Å². The third-order valence-corrected chi connectivity index (χ3v) is 5.28. The largest absolute Gasteiger partial charge is 0.337 e. The fourth-order valence-electron chi connectivity index (χ4n) is 3.34. The van der Waals surface area contributed by atoms with Crippen molar-refractivity contribution < 1.29 is 9.59 Å². The van der Waals surface area contributed by atoms with E-state index in [1.54, 1.807) is 17.0 Å². The SMILES string of the molecule is CC1CCN(C(=O)NCC2CCN(c3ccc(Cl)cc3)C2=O)CC1. The lowest BCUT2D eigenvalue weighted by Crippen LogP contribution is -2.46. The second kappa shape index (κ2) is 7.43. The first-order chi connectivity index (χ1) is 11.5. The van der Waals surface area contributed by atoms with Crippen LogP contribution >= 0.6 is 11.6 Å². The average Bonchev–Trinajstić information content (AvgIpc) is 2.95. The Kier molecular flexibility index (Phi) is 5.29. The van der Waals surface area contributed by atoms with Crippen LogP contribution in [0.4, 0.5) is 10.5 Å². The highest BCUT2D eigenvalue weighted by Crippen LogP contribution is 2.26. The van der Waals surface area contributed by atoms with Crippen molar-refractivity contribution in [2.24, 2.45) is 11.8 Å². The molecule has 1 unspecified atom stereocenters. The van der Waals surface area contributed by atoms with E-state index < -0.39 is 0 Å². The predicted octanol–water partition coefficient (Wildman–Crippen LogP) is 3.13. The summed E-state index contributed by atoms with van der Waals surface area (Å²) in [6.45, 7) is 4.93. The Morgan fingerprint density at radius 3 is 2.50 bits per heavy atom. The van der Waals surface area contributed by atoms with Crippen molar-refractivity contribution in [2.45, 2.75) is 26.2 Å². The van der Waals surface area contributed by atoms with Gasteiger partial charge in [-0.1, -0.05) is 18.5 Å². The van der Waals surface area contributed by atoms with E-state index in [1.165, 1.54) is 0 Å². The summed E-state index contributed by atoms with van der Waals surface area (Å²) in [7, 11) is 0. The van der Waals surface area contributed by atoms with E-state index in [0.717, 1.165) is 38.0 Å². The van der Waals surface area contributed by atoms with Crippen LogP contribution in [0.2, 0.25) is 5.02 Å².